The van der Waals surface area contributed by atoms with Crippen LogP contribution in [0.2, 0.25) is 0 Å². The van der Waals surface area contributed by atoms with E-state index in [0.29, 0.717) is 6.42 Å². The highest BCUT2D eigenvalue weighted by Crippen LogP contribution is 2.29. The molecule has 0 saturated carbocycles. The van der Waals surface area contributed by atoms with E-state index in [-0.39, 0.29) is 23.7 Å². The number of rotatable bonds is 6. The second-order valence-electron chi connectivity index (χ2n) is 3.82. The highest BCUT2D eigenvalue weighted by molar-refractivity contribution is 5.80. The third kappa shape index (κ3) is 3.84. The summed E-state index contributed by atoms with van der Waals surface area (Å²) in [7, 11) is 0. The minimum absolute atomic E-state index is 0.0879. The Labute approximate surface area is 110 Å². The average Bonchev–Trinajstić information content (AvgIpc) is 2.35. The first-order chi connectivity index (χ1) is 8.99. The Kier molecular flexibility index (Phi) is 5.11. The van der Waals surface area contributed by atoms with Gasteiger partial charge in [-0.1, -0.05) is 6.92 Å². The molecule has 0 amide bonds. The van der Waals surface area contributed by atoms with Crippen LogP contribution in [-0.2, 0) is 9.53 Å². The van der Waals surface area contributed by atoms with Gasteiger partial charge in [0.25, 0.3) is 5.69 Å². The van der Waals surface area contributed by atoms with E-state index in [1.807, 2.05) is 0 Å². The topological polar surface area (TPSA) is 102 Å². The largest absolute Gasteiger partial charge is 0.508 e. The molecule has 0 saturated heterocycles. The first kappa shape index (κ1) is 14.7. The van der Waals surface area contributed by atoms with Crippen molar-refractivity contribution in [2.45, 2.75) is 26.3 Å². The molecule has 7 nitrogen and oxygen atoms in total. The van der Waals surface area contributed by atoms with Crippen molar-refractivity contribution in [2.75, 3.05) is 11.9 Å². The SMILES string of the molecule is CCOC(=O)C(CC)Nc1cc(O)ccc1[N+](=O)[O-]. The Morgan fingerprint density at radius 1 is 1.53 bits per heavy atom. The average molecular weight is 268 g/mol. The Bertz CT molecular complexity index is 475. The Morgan fingerprint density at radius 2 is 2.21 bits per heavy atom. The molecule has 0 heterocycles. The molecule has 1 aromatic rings. The summed E-state index contributed by atoms with van der Waals surface area (Å²) < 4.78 is 4.86. The lowest BCUT2D eigenvalue weighted by Crippen LogP contribution is -2.30. The van der Waals surface area contributed by atoms with Crippen molar-refractivity contribution in [3.63, 3.8) is 0 Å². The Morgan fingerprint density at radius 3 is 2.74 bits per heavy atom. The summed E-state index contributed by atoms with van der Waals surface area (Å²) in [6.07, 6.45) is 0.408. The first-order valence-electron chi connectivity index (χ1n) is 5.90. The van der Waals surface area contributed by atoms with Crippen LogP contribution in [-0.4, -0.2) is 28.6 Å². The van der Waals surface area contributed by atoms with Crippen LogP contribution in [0.25, 0.3) is 0 Å². The van der Waals surface area contributed by atoms with E-state index in [9.17, 15) is 20.0 Å². The Balaban J connectivity index is 2.99. The van der Waals surface area contributed by atoms with E-state index in [2.05, 4.69) is 5.32 Å². The van der Waals surface area contributed by atoms with Crippen molar-refractivity contribution in [3.05, 3.63) is 28.3 Å². The molecule has 0 aliphatic heterocycles. The molecular formula is C12H16N2O5. The van der Waals surface area contributed by atoms with Gasteiger partial charge in [0, 0.05) is 12.1 Å². The number of nitrogens with zero attached hydrogens (tertiary/aromatic N) is 1. The zero-order valence-electron chi connectivity index (χ0n) is 10.8. The van der Waals surface area contributed by atoms with Gasteiger partial charge in [-0.15, -0.1) is 0 Å². The van der Waals surface area contributed by atoms with Crippen molar-refractivity contribution < 1.29 is 19.6 Å². The molecular weight excluding hydrogens is 252 g/mol. The fraction of sp³-hybridized carbons (Fsp3) is 0.417. The summed E-state index contributed by atoms with van der Waals surface area (Å²) in [4.78, 5) is 21.9. The lowest BCUT2D eigenvalue weighted by Gasteiger charge is -2.16. The van der Waals surface area contributed by atoms with E-state index in [1.165, 1.54) is 18.2 Å². The highest BCUT2D eigenvalue weighted by Gasteiger charge is 2.22. The van der Waals surface area contributed by atoms with Crippen LogP contribution in [0.15, 0.2) is 18.2 Å². The van der Waals surface area contributed by atoms with Crippen LogP contribution in [0.1, 0.15) is 20.3 Å². The maximum Gasteiger partial charge on any atom is 0.328 e. The predicted octanol–water partition coefficient (Wildman–Crippen LogP) is 2.05. The predicted molar refractivity (Wildman–Crippen MR) is 69.1 cm³/mol. The molecule has 2 N–H and O–H groups in total. The fourth-order valence-corrected chi connectivity index (χ4v) is 1.56. The normalized spacial score (nSPS) is 11.7. The number of phenols is 1. The zero-order valence-corrected chi connectivity index (χ0v) is 10.8. The lowest BCUT2D eigenvalue weighted by molar-refractivity contribution is -0.384. The molecule has 1 unspecified atom stereocenters. The van der Waals surface area contributed by atoms with Crippen molar-refractivity contribution >= 4 is 17.3 Å². The fourth-order valence-electron chi connectivity index (χ4n) is 1.56. The van der Waals surface area contributed by atoms with E-state index in [4.69, 9.17) is 4.74 Å². The number of benzene rings is 1. The maximum atomic E-state index is 11.6. The summed E-state index contributed by atoms with van der Waals surface area (Å²) in [5.74, 6) is -0.602. The molecule has 0 aliphatic carbocycles. The molecule has 0 fully saturated rings. The van der Waals surface area contributed by atoms with Gasteiger partial charge in [-0.3, -0.25) is 10.1 Å². The smallest absolute Gasteiger partial charge is 0.328 e. The molecule has 0 bridgehead atoms. The number of anilines is 1. The Hall–Kier alpha value is -2.31. The molecule has 0 aromatic heterocycles. The monoisotopic (exact) mass is 268 g/mol. The van der Waals surface area contributed by atoms with E-state index < -0.39 is 16.9 Å². The summed E-state index contributed by atoms with van der Waals surface area (Å²) in [5.41, 5.74) is -0.120. The van der Waals surface area contributed by atoms with Gasteiger partial charge in [0.15, 0.2) is 0 Å². The van der Waals surface area contributed by atoms with Gasteiger partial charge in [-0.2, -0.15) is 0 Å². The number of phenolic OH excluding ortho intramolecular Hbond substituents is 1. The molecule has 104 valence electrons. The number of nitro benzene ring substituents is 1. The quantitative estimate of drug-likeness (QED) is 0.465. The first-order valence-corrected chi connectivity index (χ1v) is 5.90. The van der Waals surface area contributed by atoms with Crippen molar-refractivity contribution in [1.29, 1.82) is 0 Å². The number of carbonyl (C=O) groups excluding carboxylic acids is 1. The number of esters is 1. The summed E-state index contributed by atoms with van der Waals surface area (Å²) >= 11 is 0. The molecule has 0 radical (unpaired) electrons. The molecule has 1 atom stereocenters. The standard InChI is InChI=1S/C12H16N2O5/c1-3-9(12(16)19-4-2)13-10-7-8(15)5-6-11(10)14(17)18/h5-7,9,13,15H,3-4H2,1-2H3. The number of hydrogen-bond acceptors (Lipinski definition) is 6. The second-order valence-corrected chi connectivity index (χ2v) is 3.82. The van der Waals surface area contributed by atoms with Crippen LogP contribution in [0.5, 0.6) is 5.75 Å². The minimum atomic E-state index is -0.694. The number of ether oxygens (including phenoxy) is 1. The van der Waals surface area contributed by atoms with E-state index in [0.717, 1.165) is 0 Å². The van der Waals surface area contributed by atoms with Gasteiger partial charge in [0.1, 0.15) is 17.5 Å². The van der Waals surface area contributed by atoms with Gasteiger partial charge >= 0.3 is 5.97 Å². The minimum Gasteiger partial charge on any atom is -0.508 e. The van der Waals surface area contributed by atoms with Gasteiger partial charge in [0.05, 0.1) is 11.5 Å². The summed E-state index contributed by atoms with van der Waals surface area (Å²) in [5, 5.41) is 23.0. The number of aromatic hydroxyl groups is 1. The third-order valence-electron chi connectivity index (χ3n) is 2.49. The van der Waals surface area contributed by atoms with Crippen LogP contribution in [0.3, 0.4) is 0 Å². The number of nitrogens with one attached hydrogen (secondary N) is 1. The zero-order chi connectivity index (χ0) is 14.4. The van der Waals surface area contributed by atoms with Crippen LogP contribution < -0.4 is 5.32 Å². The maximum absolute atomic E-state index is 11.6. The van der Waals surface area contributed by atoms with Gasteiger partial charge < -0.3 is 15.2 Å². The summed E-state index contributed by atoms with van der Waals surface area (Å²) in [6.45, 7) is 3.67. The number of carbonyl (C=O) groups is 1. The van der Waals surface area contributed by atoms with Gasteiger partial charge in [0.2, 0.25) is 0 Å². The van der Waals surface area contributed by atoms with Crippen molar-refractivity contribution in [1.82, 2.24) is 0 Å². The second kappa shape index (κ2) is 6.58. The van der Waals surface area contributed by atoms with E-state index in [1.54, 1.807) is 13.8 Å². The van der Waals surface area contributed by atoms with Gasteiger partial charge in [-0.05, 0) is 19.4 Å². The number of nitro groups is 1. The van der Waals surface area contributed by atoms with Crippen LogP contribution in [0, 0.1) is 10.1 Å². The molecule has 19 heavy (non-hydrogen) atoms. The molecule has 1 aromatic carbocycles. The lowest BCUT2D eigenvalue weighted by atomic mass is 10.2. The van der Waals surface area contributed by atoms with Crippen molar-refractivity contribution in [3.8, 4) is 5.75 Å². The number of hydrogen-bond donors (Lipinski definition) is 2. The van der Waals surface area contributed by atoms with Crippen LogP contribution >= 0.6 is 0 Å². The summed E-state index contributed by atoms with van der Waals surface area (Å²) in [6, 6.07) is 2.91. The van der Waals surface area contributed by atoms with Gasteiger partial charge in [-0.25, -0.2) is 4.79 Å². The van der Waals surface area contributed by atoms with Crippen molar-refractivity contribution in [2.24, 2.45) is 0 Å². The molecule has 1 rings (SSSR count). The van der Waals surface area contributed by atoms with E-state index >= 15 is 0 Å². The van der Waals surface area contributed by atoms with Crippen LogP contribution in [0.4, 0.5) is 11.4 Å². The molecule has 0 spiro atoms. The third-order valence-corrected chi connectivity index (χ3v) is 2.49. The molecule has 7 heteroatoms. The highest BCUT2D eigenvalue weighted by atomic mass is 16.6. The molecule has 0 aliphatic rings.